The van der Waals surface area contributed by atoms with Gasteiger partial charge in [-0.15, -0.1) is 6.58 Å². The maximum absolute atomic E-state index is 3.80. The van der Waals surface area contributed by atoms with Gasteiger partial charge in [-0.05, 0) is 59.9 Å². The molecule has 1 rings (SSSR count). The van der Waals surface area contributed by atoms with Crippen LogP contribution in [0.15, 0.2) is 12.7 Å². The van der Waals surface area contributed by atoms with Gasteiger partial charge in [0.05, 0.1) is 0 Å². The third kappa shape index (κ3) is 4.78. The van der Waals surface area contributed by atoms with Gasteiger partial charge >= 0.3 is 0 Å². The first-order valence-corrected chi connectivity index (χ1v) is 6.86. The quantitative estimate of drug-likeness (QED) is 0.561. The Hall–Kier alpha value is -0.380. The van der Waals surface area contributed by atoms with Crippen molar-refractivity contribution in [2.75, 3.05) is 40.8 Å². The highest BCUT2D eigenvalue weighted by Gasteiger charge is 2.26. The van der Waals surface area contributed by atoms with Crippen LogP contribution in [0.25, 0.3) is 0 Å². The highest BCUT2D eigenvalue weighted by atomic mass is 15.2. The molecule has 0 saturated carbocycles. The molecule has 0 aliphatic carbocycles. The van der Waals surface area contributed by atoms with Crippen molar-refractivity contribution in [3.63, 3.8) is 0 Å². The Morgan fingerprint density at radius 2 is 2.18 bits per heavy atom. The fraction of sp³-hybridized carbons (Fsp3) is 0.857. The molecule has 1 aliphatic rings. The molecule has 0 bridgehead atoms. The second-order valence-electron chi connectivity index (χ2n) is 5.28. The van der Waals surface area contributed by atoms with Crippen molar-refractivity contribution >= 4 is 0 Å². The van der Waals surface area contributed by atoms with Crippen molar-refractivity contribution in [1.82, 2.24) is 15.1 Å². The summed E-state index contributed by atoms with van der Waals surface area (Å²) in [5, 5.41) is 3.51. The third-order valence-corrected chi connectivity index (χ3v) is 3.87. The molecule has 0 radical (unpaired) electrons. The predicted molar refractivity (Wildman–Crippen MR) is 75.4 cm³/mol. The lowest BCUT2D eigenvalue weighted by Crippen LogP contribution is -2.51. The van der Waals surface area contributed by atoms with Crippen LogP contribution in [0, 0.1) is 0 Å². The number of allylic oxidation sites excluding steroid dienone is 1. The first-order chi connectivity index (χ1) is 8.19. The number of unbranched alkanes of at least 4 members (excludes halogenated alkanes) is 1. The Balaban J connectivity index is 2.53. The predicted octanol–water partition coefficient (Wildman–Crippen LogP) is 1.57. The van der Waals surface area contributed by atoms with Crippen molar-refractivity contribution in [2.45, 2.75) is 37.8 Å². The Bertz CT molecular complexity index is 218. The van der Waals surface area contributed by atoms with E-state index in [9.17, 15) is 0 Å². The minimum atomic E-state index is 0.598. The van der Waals surface area contributed by atoms with E-state index < -0.39 is 0 Å². The molecule has 2 unspecified atom stereocenters. The highest BCUT2D eigenvalue weighted by molar-refractivity contribution is 4.87. The van der Waals surface area contributed by atoms with E-state index in [0.29, 0.717) is 12.1 Å². The molecular weight excluding hydrogens is 210 g/mol. The molecule has 1 aliphatic heterocycles. The highest BCUT2D eigenvalue weighted by Crippen LogP contribution is 2.14. The molecule has 1 saturated heterocycles. The van der Waals surface area contributed by atoms with Crippen LogP contribution in [0.5, 0.6) is 0 Å². The van der Waals surface area contributed by atoms with Crippen LogP contribution in [0.4, 0.5) is 0 Å². The van der Waals surface area contributed by atoms with Crippen LogP contribution in [0.2, 0.25) is 0 Å². The van der Waals surface area contributed by atoms with E-state index in [2.05, 4.69) is 42.8 Å². The molecule has 0 aromatic rings. The van der Waals surface area contributed by atoms with E-state index in [4.69, 9.17) is 0 Å². The molecule has 3 nitrogen and oxygen atoms in total. The van der Waals surface area contributed by atoms with Crippen LogP contribution in [-0.4, -0.2) is 62.7 Å². The van der Waals surface area contributed by atoms with E-state index in [1.54, 1.807) is 0 Å². The lowest BCUT2D eigenvalue weighted by atomic mass is 10.0. The molecule has 1 heterocycles. The Morgan fingerprint density at radius 1 is 1.41 bits per heavy atom. The number of nitrogens with zero attached hydrogens (tertiary/aromatic N) is 2. The van der Waals surface area contributed by atoms with Gasteiger partial charge in [-0.3, -0.25) is 0 Å². The molecule has 0 spiro atoms. The zero-order chi connectivity index (χ0) is 12.7. The van der Waals surface area contributed by atoms with Gasteiger partial charge in [0.1, 0.15) is 0 Å². The number of hydrogen-bond acceptors (Lipinski definition) is 3. The first kappa shape index (κ1) is 14.7. The molecule has 1 N–H and O–H groups in total. The van der Waals surface area contributed by atoms with E-state index in [-0.39, 0.29) is 0 Å². The summed E-state index contributed by atoms with van der Waals surface area (Å²) in [5.41, 5.74) is 0. The largest absolute Gasteiger partial charge is 0.315 e. The fourth-order valence-electron chi connectivity index (χ4n) is 2.75. The lowest BCUT2D eigenvalue weighted by Gasteiger charge is -2.34. The van der Waals surface area contributed by atoms with Gasteiger partial charge in [0, 0.05) is 18.6 Å². The maximum atomic E-state index is 3.80. The molecule has 0 aromatic heterocycles. The first-order valence-electron chi connectivity index (χ1n) is 6.86. The SMILES string of the molecule is C=CCCCC(NC)C1CN(C)CCCN1C. The van der Waals surface area contributed by atoms with Crippen molar-refractivity contribution in [3.05, 3.63) is 12.7 Å². The standard InChI is InChI=1S/C14H29N3/c1-5-6-7-9-13(15-2)14-12-16(3)10-8-11-17(14)4/h5,13-15H,1,6-12H2,2-4H3. The fourth-order valence-corrected chi connectivity index (χ4v) is 2.75. The van der Waals surface area contributed by atoms with Crippen LogP contribution >= 0.6 is 0 Å². The lowest BCUT2D eigenvalue weighted by molar-refractivity contribution is 0.175. The van der Waals surface area contributed by atoms with E-state index >= 15 is 0 Å². The van der Waals surface area contributed by atoms with Gasteiger partial charge in [0.15, 0.2) is 0 Å². The third-order valence-electron chi connectivity index (χ3n) is 3.87. The Kier molecular flexibility index (Phi) is 6.78. The minimum absolute atomic E-state index is 0.598. The minimum Gasteiger partial charge on any atom is -0.315 e. The van der Waals surface area contributed by atoms with Crippen LogP contribution in [-0.2, 0) is 0 Å². The van der Waals surface area contributed by atoms with Crippen molar-refractivity contribution in [1.29, 1.82) is 0 Å². The number of rotatable bonds is 6. The van der Waals surface area contributed by atoms with E-state index in [1.165, 1.54) is 38.9 Å². The summed E-state index contributed by atoms with van der Waals surface area (Å²) < 4.78 is 0. The summed E-state index contributed by atoms with van der Waals surface area (Å²) in [4.78, 5) is 4.99. The van der Waals surface area contributed by atoms with Crippen molar-refractivity contribution in [3.8, 4) is 0 Å². The van der Waals surface area contributed by atoms with Gasteiger partial charge in [0.25, 0.3) is 0 Å². The average molecular weight is 239 g/mol. The number of nitrogens with one attached hydrogen (secondary N) is 1. The summed E-state index contributed by atoms with van der Waals surface area (Å²) in [6.07, 6.45) is 6.92. The van der Waals surface area contributed by atoms with E-state index in [1.807, 2.05) is 6.08 Å². The smallest absolute Gasteiger partial charge is 0.0373 e. The van der Waals surface area contributed by atoms with Gasteiger partial charge in [-0.1, -0.05) is 6.08 Å². The molecule has 100 valence electrons. The maximum Gasteiger partial charge on any atom is 0.0373 e. The number of likely N-dealkylation sites (N-methyl/N-ethyl adjacent to an activating group) is 3. The topological polar surface area (TPSA) is 18.5 Å². The van der Waals surface area contributed by atoms with E-state index in [0.717, 1.165) is 6.42 Å². The van der Waals surface area contributed by atoms with Crippen LogP contribution < -0.4 is 5.32 Å². The van der Waals surface area contributed by atoms with Crippen LogP contribution in [0.1, 0.15) is 25.7 Å². The molecule has 0 aromatic carbocycles. The normalized spacial score (nSPS) is 25.5. The van der Waals surface area contributed by atoms with Crippen LogP contribution in [0.3, 0.4) is 0 Å². The second kappa shape index (κ2) is 7.85. The van der Waals surface area contributed by atoms with Gasteiger partial charge < -0.3 is 15.1 Å². The van der Waals surface area contributed by atoms with Gasteiger partial charge in [-0.2, -0.15) is 0 Å². The van der Waals surface area contributed by atoms with Gasteiger partial charge in [0.2, 0.25) is 0 Å². The summed E-state index contributed by atoms with van der Waals surface area (Å²) >= 11 is 0. The number of hydrogen-bond donors (Lipinski definition) is 1. The molecule has 1 fully saturated rings. The summed E-state index contributed by atoms with van der Waals surface area (Å²) in [7, 11) is 6.60. The Morgan fingerprint density at radius 3 is 2.82 bits per heavy atom. The second-order valence-corrected chi connectivity index (χ2v) is 5.28. The van der Waals surface area contributed by atoms with Crippen molar-refractivity contribution < 1.29 is 0 Å². The van der Waals surface area contributed by atoms with Gasteiger partial charge in [-0.25, -0.2) is 0 Å². The monoisotopic (exact) mass is 239 g/mol. The molecule has 17 heavy (non-hydrogen) atoms. The molecule has 2 atom stereocenters. The zero-order valence-electron chi connectivity index (χ0n) is 11.8. The Labute approximate surface area is 107 Å². The summed E-state index contributed by atoms with van der Waals surface area (Å²) in [6.45, 7) is 7.42. The molecular formula is C14H29N3. The summed E-state index contributed by atoms with van der Waals surface area (Å²) in [5.74, 6) is 0. The molecule has 0 amide bonds. The molecule has 3 heteroatoms. The average Bonchev–Trinajstić information content (AvgIpc) is 2.47. The van der Waals surface area contributed by atoms with Crippen molar-refractivity contribution in [2.24, 2.45) is 0 Å². The zero-order valence-corrected chi connectivity index (χ0v) is 11.8. The summed E-state index contributed by atoms with van der Waals surface area (Å²) in [6, 6.07) is 1.23.